The van der Waals surface area contributed by atoms with Gasteiger partial charge in [0.2, 0.25) is 0 Å². The van der Waals surface area contributed by atoms with Crippen LogP contribution in [-0.4, -0.2) is 52.5 Å². The average molecular weight is 442 g/mol. The van der Waals surface area contributed by atoms with Gasteiger partial charge in [0.05, 0.1) is 23.4 Å². The number of aliphatic hydroxyl groups is 1. The molecule has 1 N–H and O–H groups in total. The highest BCUT2D eigenvalue weighted by atomic mass is 32.1. The van der Waals surface area contributed by atoms with Crippen LogP contribution in [0.15, 0.2) is 39.6 Å². The van der Waals surface area contributed by atoms with Gasteiger partial charge in [-0.1, -0.05) is 26.3 Å². The summed E-state index contributed by atoms with van der Waals surface area (Å²) in [6.45, 7) is 7.83. The Bertz CT molecular complexity index is 1020. The molecule has 1 aliphatic rings. The smallest absolute Gasteiger partial charge is 0.289 e. The minimum atomic E-state index is -0.830. The van der Waals surface area contributed by atoms with Gasteiger partial charge in [-0.15, -0.1) is 11.3 Å². The van der Waals surface area contributed by atoms with Crippen LogP contribution in [0, 0.1) is 5.92 Å². The molecule has 6 nitrogen and oxygen atoms in total. The lowest BCUT2D eigenvalue weighted by molar-refractivity contribution is -0.0283. The molecule has 3 heterocycles. The van der Waals surface area contributed by atoms with E-state index in [0.717, 1.165) is 49.1 Å². The lowest BCUT2D eigenvalue weighted by Gasteiger charge is -2.39. The van der Waals surface area contributed by atoms with E-state index in [1.807, 2.05) is 23.6 Å². The molecule has 1 saturated heterocycles. The summed E-state index contributed by atoms with van der Waals surface area (Å²) in [5.74, 6) is 0.807. The molecule has 0 unspecified atom stereocenters. The number of hydrogen-bond donors (Lipinski definition) is 1. The van der Waals surface area contributed by atoms with Gasteiger partial charge in [-0.2, -0.15) is 0 Å². The number of fused-ring (bicyclic) bond motifs is 1. The van der Waals surface area contributed by atoms with Gasteiger partial charge in [0.15, 0.2) is 5.76 Å². The van der Waals surface area contributed by atoms with Crippen molar-refractivity contribution in [2.24, 2.45) is 5.92 Å². The Hall–Kier alpha value is -2.22. The van der Waals surface area contributed by atoms with Crippen molar-refractivity contribution in [3.05, 3.63) is 52.2 Å². The minimum Gasteiger partial charge on any atom is -0.451 e. The van der Waals surface area contributed by atoms with Crippen LogP contribution < -0.4 is 0 Å². The van der Waals surface area contributed by atoms with E-state index in [1.165, 1.54) is 17.8 Å². The van der Waals surface area contributed by atoms with Gasteiger partial charge in [0.1, 0.15) is 5.58 Å². The minimum absolute atomic E-state index is 0.178. The van der Waals surface area contributed by atoms with Crippen LogP contribution in [0.1, 0.15) is 54.9 Å². The normalized spacial score (nSPS) is 17.7. The molecular weight excluding hydrogens is 410 g/mol. The Morgan fingerprint density at radius 1 is 1.35 bits per heavy atom. The largest absolute Gasteiger partial charge is 0.451 e. The maximum absolute atomic E-state index is 12.8. The standard InChI is InChI=1S/C24H31N3O3S/c1-4-17(2)13-27-9-7-24(29,8-10-27)19-5-6-21-18(11-19)12-22(30-21)23(28)26(3)14-20-15-31-16-25-20/h5-6,11-12,15-17,29H,4,7-10,13-14H2,1-3H3/t17-/m1/s1. The number of rotatable bonds is 7. The molecule has 0 spiro atoms. The number of carbonyl (C=O) groups excluding carboxylic acids is 1. The van der Waals surface area contributed by atoms with Crippen LogP contribution in [0.3, 0.4) is 0 Å². The molecule has 1 atom stereocenters. The van der Waals surface area contributed by atoms with Gasteiger partial charge < -0.3 is 19.3 Å². The quantitative estimate of drug-likeness (QED) is 0.585. The summed E-state index contributed by atoms with van der Waals surface area (Å²) in [4.78, 5) is 21.1. The zero-order valence-electron chi connectivity index (χ0n) is 18.5. The number of hydrogen-bond acceptors (Lipinski definition) is 6. The molecule has 4 rings (SSSR count). The highest BCUT2D eigenvalue weighted by molar-refractivity contribution is 7.07. The molecule has 7 heteroatoms. The second-order valence-electron chi connectivity index (χ2n) is 8.85. The van der Waals surface area contributed by atoms with Crippen molar-refractivity contribution < 1.29 is 14.3 Å². The molecular formula is C24H31N3O3S. The first-order chi connectivity index (χ1) is 14.9. The molecule has 1 aliphatic heterocycles. The van der Waals surface area contributed by atoms with Crippen LogP contribution in [-0.2, 0) is 12.1 Å². The van der Waals surface area contributed by atoms with Crippen LogP contribution in [0.2, 0.25) is 0 Å². The zero-order chi connectivity index (χ0) is 22.0. The van der Waals surface area contributed by atoms with E-state index in [4.69, 9.17) is 4.42 Å². The third kappa shape index (κ3) is 4.84. The van der Waals surface area contributed by atoms with E-state index >= 15 is 0 Å². The fraction of sp³-hybridized carbons (Fsp3) is 0.500. The molecule has 3 aromatic rings. The monoisotopic (exact) mass is 441 g/mol. The van der Waals surface area contributed by atoms with E-state index < -0.39 is 5.60 Å². The van der Waals surface area contributed by atoms with Crippen molar-refractivity contribution in [2.45, 2.75) is 45.3 Å². The fourth-order valence-electron chi connectivity index (χ4n) is 4.22. The van der Waals surface area contributed by atoms with Crippen LogP contribution in [0.25, 0.3) is 11.0 Å². The molecule has 0 radical (unpaired) electrons. The second-order valence-corrected chi connectivity index (χ2v) is 9.57. The second kappa shape index (κ2) is 9.10. The van der Waals surface area contributed by atoms with Crippen molar-refractivity contribution in [3.63, 3.8) is 0 Å². The molecule has 2 aromatic heterocycles. The molecule has 0 saturated carbocycles. The van der Waals surface area contributed by atoms with Crippen LogP contribution in [0.4, 0.5) is 0 Å². The van der Waals surface area contributed by atoms with Gasteiger partial charge in [-0.3, -0.25) is 4.79 Å². The Morgan fingerprint density at radius 2 is 2.13 bits per heavy atom. The van der Waals surface area contributed by atoms with Crippen molar-refractivity contribution in [2.75, 3.05) is 26.7 Å². The molecule has 31 heavy (non-hydrogen) atoms. The zero-order valence-corrected chi connectivity index (χ0v) is 19.3. The summed E-state index contributed by atoms with van der Waals surface area (Å²) in [5.41, 5.74) is 3.35. The van der Waals surface area contributed by atoms with E-state index in [9.17, 15) is 9.90 Å². The molecule has 1 aromatic carbocycles. The summed E-state index contributed by atoms with van der Waals surface area (Å²) < 4.78 is 5.82. The summed E-state index contributed by atoms with van der Waals surface area (Å²) >= 11 is 1.51. The highest BCUT2D eigenvalue weighted by Crippen LogP contribution is 2.35. The summed E-state index contributed by atoms with van der Waals surface area (Å²) in [5, 5.41) is 14.1. The van der Waals surface area contributed by atoms with Crippen LogP contribution >= 0.6 is 11.3 Å². The lowest BCUT2D eigenvalue weighted by Crippen LogP contribution is -2.43. The maximum atomic E-state index is 12.8. The van der Waals surface area contributed by atoms with Crippen molar-refractivity contribution in [3.8, 4) is 0 Å². The van der Waals surface area contributed by atoms with Crippen molar-refractivity contribution >= 4 is 28.2 Å². The van der Waals surface area contributed by atoms with Crippen molar-refractivity contribution in [1.29, 1.82) is 0 Å². The predicted molar refractivity (Wildman–Crippen MR) is 123 cm³/mol. The van der Waals surface area contributed by atoms with Gasteiger partial charge in [-0.05, 0) is 42.5 Å². The average Bonchev–Trinajstić information content (AvgIpc) is 3.43. The molecule has 0 bridgehead atoms. The molecule has 166 valence electrons. The predicted octanol–water partition coefficient (Wildman–Crippen LogP) is 4.49. The molecule has 1 fully saturated rings. The number of carbonyl (C=O) groups is 1. The summed E-state index contributed by atoms with van der Waals surface area (Å²) in [6.07, 6.45) is 2.61. The first-order valence-electron chi connectivity index (χ1n) is 11.0. The van der Waals surface area contributed by atoms with Gasteiger partial charge in [0.25, 0.3) is 5.91 Å². The summed E-state index contributed by atoms with van der Waals surface area (Å²) in [7, 11) is 1.75. The Labute approximate surface area is 187 Å². The number of aromatic nitrogens is 1. The number of furan rings is 1. The molecule has 1 amide bonds. The van der Waals surface area contributed by atoms with E-state index in [-0.39, 0.29) is 5.91 Å². The number of piperidine rings is 1. The number of benzene rings is 1. The van der Waals surface area contributed by atoms with E-state index in [1.54, 1.807) is 23.5 Å². The summed E-state index contributed by atoms with van der Waals surface area (Å²) in [6, 6.07) is 7.55. The Balaban J connectivity index is 1.47. The fourth-order valence-corrected chi connectivity index (χ4v) is 4.77. The topological polar surface area (TPSA) is 69.8 Å². The number of thiazole rings is 1. The highest BCUT2D eigenvalue weighted by Gasteiger charge is 2.34. The van der Waals surface area contributed by atoms with E-state index in [0.29, 0.717) is 23.8 Å². The van der Waals surface area contributed by atoms with Gasteiger partial charge in [0, 0.05) is 37.4 Å². The third-order valence-electron chi connectivity index (χ3n) is 6.44. The first-order valence-corrected chi connectivity index (χ1v) is 11.9. The molecule has 0 aliphatic carbocycles. The van der Waals surface area contributed by atoms with Crippen LogP contribution in [0.5, 0.6) is 0 Å². The number of nitrogens with zero attached hydrogens (tertiary/aromatic N) is 3. The van der Waals surface area contributed by atoms with Gasteiger partial charge in [-0.25, -0.2) is 4.98 Å². The third-order valence-corrected chi connectivity index (χ3v) is 7.08. The number of likely N-dealkylation sites (tertiary alicyclic amines) is 1. The lowest BCUT2D eigenvalue weighted by atomic mass is 9.84. The Morgan fingerprint density at radius 3 is 2.81 bits per heavy atom. The van der Waals surface area contributed by atoms with E-state index in [2.05, 4.69) is 23.7 Å². The Kier molecular flexibility index (Phi) is 6.46. The van der Waals surface area contributed by atoms with Crippen molar-refractivity contribution in [1.82, 2.24) is 14.8 Å². The SMILES string of the molecule is CC[C@@H](C)CN1CCC(O)(c2ccc3oc(C(=O)N(C)Cc4cscn4)cc3c2)CC1. The maximum Gasteiger partial charge on any atom is 0.289 e. The van der Waals surface area contributed by atoms with Gasteiger partial charge >= 0.3 is 0 Å². The first kappa shape index (κ1) is 22.0. The number of amides is 1.